The van der Waals surface area contributed by atoms with E-state index in [-0.39, 0.29) is 23.7 Å². The predicted molar refractivity (Wildman–Crippen MR) is 129 cm³/mol. The number of aromatic nitrogens is 3. The molecule has 0 N–H and O–H groups in total. The molecule has 1 aromatic carbocycles. The van der Waals surface area contributed by atoms with Crippen LogP contribution in [0.3, 0.4) is 0 Å². The molecule has 2 aliphatic rings. The van der Waals surface area contributed by atoms with Gasteiger partial charge in [0, 0.05) is 45.0 Å². The van der Waals surface area contributed by atoms with Crippen molar-refractivity contribution >= 4 is 28.9 Å². The second kappa shape index (κ2) is 9.94. The molecule has 2 aromatic heterocycles. The van der Waals surface area contributed by atoms with Gasteiger partial charge in [-0.2, -0.15) is 11.3 Å². The average Bonchev–Trinajstić information content (AvgIpc) is 3.65. The van der Waals surface area contributed by atoms with Gasteiger partial charge in [0.1, 0.15) is 0 Å². The van der Waals surface area contributed by atoms with Crippen molar-refractivity contribution in [3.63, 3.8) is 0 Å². The SMILES string of the molecule is COC(=O)c1cn([C@@H]2C[C@@H](C(=O)N3CCN(c4ccccc4)CC3)N(Cc3ccsc3)C2)nn1. The van der Waals surface area contributed by atoms with Crippen LogP contribution in [0, 0.1) is 0 Å². The number of likely N-dealkylation sites (tertiary alicyclic amines) is 1. The van der Waals surface area contributed by atoms with Gasteiger partial charge in [0.05, 0.1) is 25.4 Å². The van der Waals surface area contributed by atoms with E-state index < -0.39 is 5.97 Å². The minimum atomic E-state index is -0.511. The smallest absolute Gasteiger partial charge is 0.360 e. The highest BCUT2D eigenvalue weighted by molar-refractivity contribution is 7.07. The van der Waals surface area contributed by atoms with E-state index in [9.17, 15) is 9.59 Å². The lowest BCUT2D eigenvalue weighted by molar-refractivity contribution is -0.136. The fourth-order valence-electron chi connectivity index (χ4n) is 4.81. The Balaban J connectivity index is 1.29. The van der Waals surface area contributed by atoms with Crippen LogP contribution < -0.4 is 4.90 Å². The van der Waals surface area contributed by atoms with Crippen molar-refractivity contribution in [2.75, 3.05) is 44.7 Å². The van der Waals surface area contributed by atoms with Crippen LogP contribution in [0.1, 0.15) is 28.5 Å². The molecule has 0 bridgehead atoms. The first-order valence-electron chi connectivity index (χ1n) is 11.5. The molecule has 0 spiro atoms. The number of amides is 1. The van der Waals surface area contributed by atoms with E-state index in [1.54, 1.807) is 22.2 Å². The minimum absolute atomic E-state index is 0.0379. The molecular weight excluding hydrogens is 452 g/mol. The average molecular weight is 481 g/mol. The highest BCUT2D eigenvalue weighted by Crippen LogP contribution is 2.30. The molecule has 0 aliphatic carbocycles. The molecule has 5 rings (SSSR count). The normalized spacial score (nSPS) is 21.1. The van der Waals surface area contributed by atoms with Crippen LogP contribution in [0.2, 0.25) is 0 Å². The number of piperazine rings is 1. The van der Waals surface area contributed by atoms with Crippen LogP contribution in [-0.2, 0) is 16.1 Å². The summed E-state index contributed by atoms with van der Waals surface area (Å²) in [5.74, 6) is -0.345. The monoisotopic (exact) mass is 480 g/mol. The lowest BCUT2D eigenvalue weighted by Crippen LogP contribution is -2.53. The number of anilines is 1. The topological polar surface area (TPSA) is 83.8 Å². The number of thiophene rings is 1. The van der Waals surface area contributed by atoms with Gasteiger partial charge in [-0.3, -0.25) is 9.69 Å². The molecule has 3 aromatic rings. The molecule has 1 amide bonds. The molecule has 2 aliphatic heterocycles. The van der Waals surface area contributed by atoms with Crippen molar-refractivity contribution in [1.82, 2.24) is 24.8 Å². The number of carbonyl (C=O) groups is 2. The van der Waals surface area contributed by atoms with Gasteiger partial charge in [-0.1, -0.05) is 23.4 Å². The summed E-state index contributed by atoms with van der Waals surface area (Å²) in [6.45, 7) is 4.43. The summed E-state index contributed by atoms with van der Waals surface area (Å²) in [7, 11) is 1.33. The van der Waals surface area contributed by atoms with Crippen molar-refractivity contribution in [2.45, 2.75) is 25.0 Å². The highest BCUT2D eigenvalue weighted by Gasteiger charge is 2.40. The molecule has 10 heteroatoms. The van der Waals surface area contributed by atoms with Gasteiger partial charge >= 0.3 is 5.97 Å². The predicted octanol–water partition coefficient (Wildman–Crippen LogP) is 2.29. The van der Waals surface area contributed by atoms with Crippen LogP contribution in [0.4, 0.5) is 5.69 Å². The molecule has 178 valence electrons. The van der Waals surface area contributed by atoms with Gasteiger partial charge in [0.15, 0.2) is 5.69 Å². The number of methoxy groups -OCH3 is 1. The van der Waals surface area contributed by atoms with Crippen molar-refractivity contribution in [1.29, 1.82) is 0 Å². The molecule has 2 atom stereocenters. The highest BCUT2D eigenvalue weighted by atomic mass is 32.1. The Kier molecular flexibility index (Phi) is 6.59. The van der Waals surface area contributed by atoms with E-state index in [1.165, 1.54) is 18.4 Å². The summed E-state index contributed by atoms with van der Waals surface area (Å²) >= 11 is 1.66. The summed E-state index contributed by atoms with van der Waals surface area (Å²) in [6, 6.07) is 12.2. The standard InChI is InChI=1S/C24H28N6O3S/c1-33-24(32)21-16-30(26-25-21)20-13-22(29(15-20)14-18-7-12-34-17-18)23(31)28-10-8-27(9-11-28)19-5-3-2-4-6-19/h2-7,12,16-17,20,22H,8-11,13-15H2,1H3/t20-,22+/m1/s1. The zero-order chi connectivity index (χ0) is 23.5. The number of esters is 1. The maximum Gasteiger partial charge on any atom is 0.360 e. The first-order valence-corrected chi connectivity index (χ1v) is 12.4. The number of benzene rings is 1. The number of carbonyl (C=O) groups excluding carboxylic acids is 2. The summed E-state index contributed by atoms with van der Waals surface area (Å²) in [5.41, 5.74) is 2.58. The van der Waals surface area contributed by atoms with Crippen LogP contribution in [0.5, 0.6) is 0 Å². The van der Waals surface area contributed by atoms with E-state index >= 15 is 0 Å². The molecular formula is C24H28N6O3S. The van der Waals surface area contributed by atoms with E-state index in [4.69, 9.17) is 4.74 Å². The molecule has 0 saturated carbocycles. The van der Waals surface area contributed by atoms with E-state index in [0.29, 0.717) is 32.6 Å². The molecule has 34 heavy (non-hydrogen) atoms. The van der Waals surface area contributed by atoms with Crippen LogP contribution in [-0.4, -0.2) is 82.5 Å². The first-order chi connectivity index (χ1) is 16.6. The zero-order valence-corrected chi connectivity index (χ0v) is 19.9. The molecule has 9 nitrogen and oxygen atoms in total. The molecule has 4 heterocycles. The van der Waals surface area contributed by atoms with Gasteiger partial charge < -0.3 is 14.5 Å². The second-order valence-electron chi connectivity index (χ2n) is 8.69. The Hall–Kier alpha value is -3.24. The number of hydrogen-bond acceptors (Lipinski definition) is 8. The molecule has 0 radical (unpaired) electrons. The Morgan fingerprint density at radius 3 is 2.62 bits per heavy atom. The van der Waals surface area contributed by atoms with Crippen LogP contribution in [0.25, 0.3) is 0 Å². The number of rotatable bonds is 6. The summed E-state index contributed by atoms with van der Waals surface area (Å²) in [5, 5.41) is 12.3. The fourth-order valence-corrected chi connectivity index (χ4v) is 5.47. The minimum Gasteiger partial charge on any atom is -0.464 e. The molecule has 0 unspecified atom stereocenters. The Labute approximate surface area is 202 Å². The maximum atomic E-state index is 13.7. The third-order valence-corrected chi connectivity index (χ3v) is 7.36. The lowest BCUT2D eigenvalue weighted by atomic mass is 10.1. The number of hydrogen-bond donors (Lipinski definition) is 0. The van der Waals surface area contributed by atoms with Gasteiger partial charge in [0.2, 0.25) is 5.91 Å². The van der Waals surface area contributed by atoms with E-state index in [1.807, 2.05) is 23.1 Å². The van der Waals surface area contributed by atoms with Crippen LogP contribution in [0.15, 0.2) is 53.4 Å². The Bertz CT molecular complexity index is 1110. The largest absolute Gasteiger partial charge is 0.464 e. The van der Waals surface area contributed by atoms with Gasteiger partial charge in [-0.05, 0) is 40.9 Å². The Morgan fingerprint density at radius 1 is 1.12 bits per heavy atom. The fraction of sp³-hybridized carbons (Fsp3) is 0.417. The number of ether oxygens (including phenoxy) is 1. The third kappa shape index (κ3) is 4.69. The maximum absolute atomic E-state index is 13.7. The van der Waals surface area contributed by atoms with Crippen molar-refractivity contribution in [3.8, 4) is 0 Å². The van der Waals surface area contributed by atoms with E-state index in [0.717, 1.165) is 13.1 Å². The van der Waals surface area contributed by atoms with E-state index in [2.05, 4.69) is 49.1 Å². The van der Waals surface area contributed by atoms with Gasteiger partial charge in [0.25, 0.3) is 0 Å². The third-order valence-electron chi connectivity index (χ3n) is 6.62. The second-order valence-corrected chi connectivity index (χ2v) is 9.47. The van der Waals surface area contributed by atoms with Gasteiger partial charge in [-0.15, -0.1) is 5.10 Å². The summed E-state index contributed by atoms with van der Waals surface area (Å²) in [4.78, 5) is 32.0. The first kappa shape index (κ1) is 22.5. The quantitative estimate of drug-likeness (QED) is 0.501. The molecule has 2 fully saturated rings. The number of nitrogens with zero attached hydrogens (tertiary/aromatic N) is 6. The summed E-state index contributed by atoms with van der Waals surface area (Å²) in [6.07, 6.45) is 2.25. The van der Waals surface area contributed by atoms with Crippen molar-refractivity contribution in [2.24, 2.45) is 0 Å². The van der Waals surface area contributed by atoms with Crippen molar-refractivity contribution in [3.05, 3.63) is 64.6 Å². The summed E-state index contributed by atoms with van der Waals surface area (Å²) < 4.78 is 6.46. The zero-order valence-electron chi connectivity index (χ0n) is 19.1. The van der Waals surface area contributed by atoms with Gasteiger partial charge in [-0.25, -0.2) is 9.48 Å². The van der Waals surface area contributed by atoms with Crippen molar-refractivity contribution < 1.29 is 14.3 Å². The lowest BCUT2D eigenvalue weighted by Gasteiger charge is -2.38. The van der Waals surface area contributed by atoms with Crippen LogP contribution >= 0.6 is 11.3 Å². The molecule has 2 saturated heterocycles. The number of para-hydroxylation sites is 1. The Morgan fingerprint density at radius 2 is 1.91 bits per heavy atom.